The summed E-state index contributed by atoms with van der Waals surface area (Å²) in [5.41, 5.74) is 0. The van der Waals surface area contributed by atoms with Gasteiger partial charge in [-0.15, -0.1) is 0 Å². The molecule has 3 nitrogen and oxygen atoms in total. The number of hydrogen-bond donors (Lipinski definition) is 1. The summed E-state index contributed by atoms with van der Waals surface area (Å²) in [6.45, 7) is 2.15. The van der Waals surface area contributed by atoms with Crippen molar-refractivity contribution >= 4 is 22.9 Å². The van der Waals surface area contributed by atoms with Crippen molar-refractivity contribution < 1.29 is 9.59 Å². The number of unbranched alkanes of at least 4 members (excludes halogenated alkanes) is 2. The molecule has 1 fully saturated rings. The zero-order valence-electron chi connectivity index (χ0n) is 16.2. The van der Waals surface area contributed by atoms with Crippen molar-refractivity contribution in [2.45, 2.75) is 58.3 Å². The van der Waals surface area contributed by atoms with Gasteiger partial charge in [-0.25, -0.2) is 0 Å². The smallest absolute Gasteiger partial charge is 0.282 e. The highest BCUT2D eigenvalue weighted by Gasteiger charge is 2.24. The molecule has 1 heterocycles. The molecule has 0 radical (unpaired) electrons. The molecule has 0 spiro atoms. The minimum absolute atomic E-state index is 0.264. The maximum absolute atomic E-state index is 11.3. The summed E-state index contributed by atoms with van der Waals surface area (Å²) in [7, 11) is 0. The largest absolute Gasteiger partial charge is 0.290 e. The van der Waals surface area contributed by atoms with Crippen LogP contribution in [0.15, 0.2) is 71.7 Å². The number of hydrogen-bond acceptors (Lipinski definition) is 3. The first-order valence-electron chi connectivity index (χ1n) is 9.72. The van der Waals surface area contributed by atoms with E-state index in [1.165, 1.54) is 0 Å². The SMILES string of the molecule is CC/C=C\C/C=C\C/C=C\C/C=C\C/C=C\CCC/C=C1/SC(=O)NC1=O. The molecule has 1 rings (SSSR count). The fraction of sp³-hybridized carbons (Fsp3) is 0.391. The van der Waals surface area contributed by atoms with Crippen LogP contribution in [-0.2, 0) is 4.79 Å². The molecule has 2 amide bonds. The van der Waals surface area contributed by atoms with Crippen LogP contribution in [0.3, 0.4) is 0 Å². The Morgan fingerprint density at radius 1 is 0.741 bits per heavy atom. The number of carbonyl (C=O) groups is 2. The van der Waals surface area contributed by atoms with Crippen LogP contribution < -0.4 is 5.32 Å². The summed E-state index contributed by atoms with van der Waals surface area (Å²) in [5.74, 6) is -0.264. The lowest BCUT2D eigenvalue weighted by molar-refractivity contribution is -0.115. The first-order chi connectivity index (χ1) is 13.2. The lowest BCUT2D eigenvalue weighted by Crippen LogP contribution is -2.17. The van der Waals surface area contributed by atoms with Crippen LogP contribution in [-0.4, -0.2) is 11.1 Å². The fourth-order valence-electron chi connectivity index (χ4n) is 2.30. The molecule has 146 valence electrons. The lowest BCUT2D eigenvalue weighted by Gasteiger charge is -1.92. The van der Waals surface area contributed by atoms with Crippen LogP contribution in [0.25, 0.3) is 0 Å². The normalized spacial score (nSPS) is 17.1. The van der Waals surface area contributed by atoms with Gasteiger partial charge >= 0.3 is 0 Å². The predicted molar refractivity (Wildman–Crippen MR) is 118 cm³/mol. The van der Waals surface area contributed by atoms with Crippen molar-refractivity contribution in [1.82, 2.24) is 5.32 Å². The second-order valence-electron chi connectivity index (χ2n) is 6.05. The fourth-order valence-corrected chi connectivity index (χ4v) is 2.99. The summed E-state index contributed by atoms with van der Waals surface area (Å²) >= 11 is 0.985. The minimum Gasteiger partial charge on any atom is -0.282 e. The Balaban J connectivity index is 1.98. The van der Waals surface area contributed by atoms with Crippen molar-refractivity contribution in [2.24, 2.45) is 0 Å². The van der Waals surface area contributed by atoms with E-state index in [0.717, 1.165) is 63.1 Å². The van der Waals surface area contributed by atoms with Gasteiger partial charge in [0.25, 0.3) is 11.1 Å². The third-order valence-corrected chi connectivity index (χ3v) is 4.56. The Morgan fingerprint density at radius 2 is 1.26 bits per heavy atom. The Labute approximate surface area is 168 Å². The van der Waals surface area contributed by atoms with E-state index in [9.17, 15) is 9.59 Å². The lowest BCUT2D eigenvalue weighted by atomic mass is 10.2. The second-order valence-corrected chi connectivity index (χ2v) is 7.07. The van der Waals surface area contributed by atoms with Gasteiger partial charge in [-0.3, -0.25) is 14.9 Å². The molecule has 0 aromatic heterocycles. The molecule has 0 bridgehead atoms. The van der Waals surface area contributed by atoms with Crippen molar-refractivity contribution in [3.8, 4) is 0 Å². The summed E-state index contributed by atoms with van der Waals surface area (Å²) in [5, 5.41) is 1.99. The van der Waals surface area contributed by atoms with Crippen LogP contribution in [0.4, 0.5) is 4.79 Å². The Hall–Kier alpha value is -2.07. The Kier molecular flexibility index (Phi) is 13.7. The zero-order valence-corrected chi connectivity index (χ0v) is 17.0. The van der Waals surface area contributed by atoms with Gasteiger partial charge in [-0.1, -0.05) is 73.8 Å². The number of thioether (sulfide) groups is 1. The number of allylic oxidation sites excluding steroid dienone is 11. The van der Waals surface area contributed by atoms with Crippen molar-refractivity contribution in [1.29, 1.82) is 0 Å². The van der Waals surface area contributed by atoms with Crippen LogP contribution in [0.1, 0.15) is 58.3 Å². The van der Waals surface area contributed by atoms with E-state index in [2.05, 4.69) is 73.0 Å². The molecule has 0 atom stereocenters. The molecule has 0 unspecified atom stereocenters. The van der Waals surface area contributed by atoms with Crippen LogP contribution in [0.5, 0.6) is 0 Å². The standard InChI is InChI=1S/C23H31NO2S/c1-2-3-4-5-6-7-8-9-10-11-12-13-14-15-16-17-18-19-20-21-22(25)24-23(26)27-21/h3-4,6-7,9-10,12-13,15-16,20H,2,5,8,11,14,17-19H2,1H3,(H,24,25,26)/b4-3-,7-6-,10-9-,13-12-,16-15-,21-20+. The highest BCUT2D eigenvalue weighted by Crippen LogP contribution is 2.23. The van der Waals surface area contributed by atoms with Gasteiger partial charge in [0.1, 0.15) is 0 Å². The maximum atomic E-state index is 11.3. The molecule has 1 aliphatic rings. The van der Waals surface area contributed by atoms with Gasteiger partial charge in [-0.2, -0.15) is 0 Å². The zero-order chi connectivity index (χ0) is 19.6. The third-order valence-electron chi connectivity index (χ3n) is 3.70. The van der Waals surface area contributed by atoms with E-state index < -0.39 is 0 Å². The van der Waals surface area contributed by atoms with Gasteiger partial charge in [0.15, 0.2) is 0 Å². The molecule has 0 aliphatic carbocycles. The second kappa shape index (κ2) is 16.1. The molecule has 1 aliphatic heterocycles. The Bertz CT molecular complexity index is 624. The molecule has 0 saturated carbocycles. The Morgan fingerprint density at radius 3 is 1.74 bits per heavy atom. The van der Waals surface area contributed by atoms with Gasteiger partial charge in [0.05, 0.1) is 4.91 Å². The first kappa shape index (κ1) is 23.0. The molecular formula is C23H31NO2S. The third kappa shape index (κ3) is 12.8. The topological polar surface area (TPSA) is 46.2 Å². The molecule has 4 heteroatoms. The number of amides is 2. The van der Waals surface area contributed by atoms with E-state index >= 15 is 0 Å². The van der Waals surface area contributed by atoms with Gasteiger partial charge in [0, 0.05) is 0 Å². The highest BCUT2D eigenvalue weighted by molar-refractivity contribution is 8.18. The molecule has 0 aromatic rings. The summed E-state index contributed by atoms with van der Waals surface area (Å²) in [4.78, 5) is 22.9. The molecule has 0 aromatic carbocycles. The van der Waals surface area contributed by atoms with Gasteiger partial charge in [0.2, 0.25) is 0 Å². The van der Waals surface area contributed by atoms with Crippen LogP contribution in [0, 0.1) is 0 Å². The van der Waals surface area contributed by atoms with E-state index in [1.807, 2.05) is 6.08 Å². The predicted octanol–water partition coefficient (Wildman–Crippen LogP) is 6.78. The van der Waals surface area contributed by atoms with Gasteiger partial charge < -0.3 is 0 Å². The van der Waals surface area contributed by atoms with Crippen LogP contribution >= 0.6 is 11.8 Å². The maximum Gasteiger partial charge on any atom is 0.290 e. The first-order valence-corrected chi connectivity index (χ1v) is 10.5. The number of nitrogens with one attached hydrogen (secondary N) is 1. The summed E-state index contributed by atoms with van der Waals surface area (Å²) < 4.78 is 0. The quantitative estimate of drug-likeness (QED) is 0.216. The number of carbonyl (C=O) groups excluding carboxylic acids is 2. The average Bonchev–Trinajstić information content (AvgIpc) is 2.98. The van der Waals surface area contributed by atoms with Crippen molar-refractivity contribution in [3.05, 3.63) is 71.7 Å². The van der Waals surface area contributed by atoms with Crippen molar-refractivity contribution in [2.75, 3.05) is 0 Å². The van der Waals surface area contributed by atoms with E-state index in [0.29, 0.717) is 4.91 Å². The van der Waals surface area contributed by atoms with Crippen molar-refractivity contribution in [3.63, 3.8) is 0 Å². The summed E-state index contributed by atoms with van der Waals surface area (Å²) in [6.07, 6.45) is 31.6. The highest BCUT2D eigenvalue weighted by atomic mass is 32.2. The monoisotopic (exact) mass is 385 g/mol. The van der Waals surface area contributed by atoms with E-state index in [-0.39, 0.29) is 11.1 Å². The van der Waals surface area contributed by atoms with Crippen LogP contribution in [0.2, 0.25) is 0 Å². The van der Waals surface area contributed by atoms with E-state index in [4.69, 9.17) is 0 Å². The molecule has 27 heavy (non-hydrogen) atoms. The molecular weight excluding hydrogens is 354 g/mol. The summed E-state index contributed by atoms with van der Waals surface area (Å²) in [6, 6.07) is 0. The van der Waals surface area contributed by atoms with Gasteiger partial charge in [-0.05, 0) is 63.1 Å². The minimum atomic E-state index is -0.274. The number of imide groups is 1. The molecule has 1 saturated heterocycles. The molecule has 1 N–H and O–H groups in total. The average molecular weight is 386 g/mol. The van der Waals surface area contributed by atoms with E-state index in [1.54, 1.807) is 0 Å². The number of rotatable bonds is 13.